The van der Waals surface area contributed by atoms with Crippen LogP contribution in [-0.4, -0.2) is 16.2 Å². The van der Waals surface area contributed by atoms with Gasteiger partial charge < -0.3 is 4.74 Å². The first kappa shape index (κ1) is 13.2. The van der Waals surface area contributed by atoms with Crippen molar-refractivity contribution in [3.8, 4) is 5.75 Å². The van der Waals surface area contributed by atoms with E-state index in [0.29, 0.717) is 25.4 Å². The standard InChI is InChI=1S/C15H15ClN2O2/c1-2-14-17-13(16)7-15(19)18(14)8-10-9-20-12-6-4-3-5-11(10)12/h3-7,10H,2,8-9H2,1H3. The number of nitrogens with zero attached hydrogens (tertiary/aromatic N) is 2. The summed E-state index contributed by atoms with van der Waals surface area (Å²) in [6.45, 7) is 3.13. The molecule has 1 aliphatic heterocycles. The molecule has 0 saturated carbocycles. The van der Waals surface area contributed by atoms with Crippen LogP contribution in [0.1, 0.15) is 24.2 Å². The molecule has 5 heteroatoms. The summed E-state index contributed by atoms with van der Waals surface area (Å²) < 4.78 is 7.35. The fraction of sp³-hybridized carbons (Fsp3) is 0.333. The molecule has 1 unspecified atom stereocenters. The van der Waals surface area contributed by atoms with Gasteiger partial charge in [0, 0.05) is 30.5 Å². The zero-order valence-electron chi connectivity index (χ0n) is 11.2. The first-order valence-corrected chi connectivity index (χ1v) is 7.05. The molecule has 0 N–H and O–H groups in total. The third-order valence-electron chi connectivity index (χ3n) is 3.57. The Morgan fingerprint density at radius 2 is 2.25 bits per heavy atom. The van der Waals surface area contributed by atoms with Crippen LogP contribution in [0, 0.1) is 0 Å². The van der Waals surface area contributed by atoms with Crippen molar-refractivity contribution < 1.29 is 4.74 Å². The van der Waals surface area contributed by atoms with E-state index in [2.05, 4.69) is 4.98 Å². The number of halogens is 1. The molecule has 0 radical (unpaired) electrons. The lowest BCUT2D eigenvalue weighted by Gasteiger charge is -2.14. The number of hydrogen-bond donors (Lipinski definition) is 0. The minimum absolute atomic E-state index is 0.105. The Morgan fingerprint density at radius 3 is 3.05 bits per heavy atom. The van der Waals surface area contributed by atoms with Gasteiger partial charge in [-0.3, -0.25) is 9.36 Å². The zero-order chi connectivity index (χ0) is 14.1. The normalized spacial score (nSPS) is 16.8. The lowest BCUT2D eigenvalue weighted by Crippen LogP contribution is -2.27. The topological polar surface area (TPSA) is 44.1 Å². The second-order valence-corrected chi connectivity index (χ2v) is 5.23. The number of hydrogen-bond acceptors (Lipinski definition) is 3. The molecule has 1 aromatic carbocycles. The van der Waals surface area contributed by atoms with Crippen LogP contribution < -0.4 is 10.3 Å². The van der Waals surface area contributed by atoms with E-state index in [1.54, 1.807) is 4.57 Å². The number of rotatable bonds is 3. The number of benzene rings is 1. The van der Waals surface area contributed by atoms with Crippen molar-refractivity contribution >= 4 is 11.6 Å². The van der Waals surface area contributed by atoms with Crippen molar-refractivity contribution in [1.82, 2.24) is 9.55 Å². The molecular weight excluding hydrogens is 276 g/mol. The molecule has 1 aliphatic rings. The van der Waals surface area contributed by atoms with Gasteiger partial charge >= 0.3 is 0 Å². The summed E-state index contributed by atoms with van der Waals surface area (Å²) in [5, 5.41) is 0.256. The summed E-state index contributed by atoms with van der Waals surface area (Å²) in [4.78, 5) is 16.4. The van der Waals surface area contributed by atoms with Gasteiger partial charge in [-0.25, -0.2) is 4.98 Å². The van der Waals surface area contributed by atoms with Gasteiger partial charge in [0.15, 0.2) is 0 Å². The smallest absolute Gasteiger partial charge is 0.255 e. The predicted molar refractivity (Wildman–Crippen MR) is 77.6 cm³/mol. The van der Waals surface area contributed by atoms with E-state index >= 15 is 0 Å². The lowest BCUT2D eigenvalue weighted by atomic mass is 10.0. The Balaban J connectivity index is 1.95. The molecule has 0 fully saturated rings. The Hall–Kier alpha value is -1.81. The fourth-order valence-electron chi connectivity index (χ4n) is 2.59. The summed E-state index contributed by atoms with van der Waals surface area (Å²) in [7, 11) is 0. The highest BCUT2D eigenvalue weighted by molar-refractivity contribution is 6.29. The maximum Gasteiger partial charge on any atom is 0.255 e. The third kappa shape index (κ3) is 2.31. The molecule has 104 valence electrons. The average Bonchev–Trinajstić information content (AvgIpc) is 2.85. The number of para-hydroxylation sites is 1. The van der Waals surface area contributed by atoms with E-state index < -0.39 is 0 Å². The van der Waals surface area contributed by atoms with Gasteiger partial charge in [-0.1, -0.05) is 36.7 Å². The average molecular weight is 291 g/mol. The van der Waals surface area contributed by atoms with Crippen LogP contribution in [0.5, 0.6) is 5.75 Å². The number of aryl methyl sites for hydroxylation is 1. The van der Waals surface area contributed by atoms with Gasteiger partial charge in [0.1, 0.15) is 16.7 Å². The first-order chi connectivity index (χ1) is 9.69. The summed E-state index contributed by atoms with van der Waals surface area (Å²) >= 11 is 5.85. The molecule has 1 aromatic heterocycles. The number of aromatic nitrogens is 2. The van der Waals surface area contributed by atoms with Crippen LogP contribution in [0.4, 0.5) is 0 Å². The van der Waals surface area contributed by atoms with Crippen LogP contribution in [0.3, 0.4) is 0 Å². The molecule has 0 aliphatic carbocycles. The van der Waals surface area contributed by atoms with Gasteiger partial charge in [-0.05, 0) is 6.07 Å². The van der Waals surface area contributed by atoms with Crippen molar-refractivity contribution in [2.75, 3.05) is 6.61 Å². The van der Waals surface area contributed by atoms with Gasteiger partial charge in [0.25, 0.3) is 5.56 Å². The van der Waals surface area contributed by atoms with Crippen LogP contribution in [0.2, 0.25) is 5.15 Å². The summed E-state index contributed by atoms with van der Waals surface area (Å²) in [5.74, 6) is 1.80. The van der Waals surface area contributed by atoms with Gasteiger partial charge in [0.2, 0.25) is 0 Å². The maximum atomic E-state index is 12.1. The van der Waals surface area contributed by atoms with Gasteiger partial charge in [-0.2, -0.15) is 0 Å². The van der Waals surface area contributed by atoms with E-state index in [1.165, 1.54) is 6.07 Å². The predicted octanol–water partition coefficient (Wildman–Crippen LogP) is 2.64. The molecule has 0 spiro atoms. The van der Waals surface area contributed by atoms with Crippen LogP contribution in [0.25, 0.3) is 0 Å². The summed E-state index contributed by atoms with van der Waals surface area (Å²) in [5.41, 5.74) is 1.04. The number of fused-ring (bicyclic) bond motifs is 1. The van der Waals surface area contributed by atoms with Crippen LogP contribution in [-0.2, 0) is 13.0 Å². The van der Waals surface area contributed by atoms with Crippen LogP contribution in [0.15, 0.2) is 35.1 Å². The second kappa shape index (κ2) is 5.29. The molecule has 2 aromatic rings. The number of ether oxygens (including phenoxy) is 1. The molecule has 4 nitrogen and oxygen atoms in total. The minimum atomic E-state index is -0.105. The van der Waals surface area contributed by atoms with E-state index in [9.17, 15) is 4.79 Å². The van der Waals surface area contributed by atoms with E-state index in [0.717, 1.165) is 11.3 Å². The maximum absolute atomic E-state index is 12.1. The van der Waals surface area contributed by atoms with Crippen LogP contribution >= 0.6 is 11.6 Å². The Morgan fingerprint density at radius 1 is 1.45 bits per heavy atom. The second-order valence-electron chi connectivity index (χ2n) is 4.84. The third-order valence-corrected chi connectivity index (χ3v) is 3.77. The van der Waals surface area contributed by atoms with Crippen molar-refractivity contribution in [2.24, 2.45) is 0 Å². The molecule has 0 saturated heterocycles. The summed E-state index contributed by atoms with van der Waals surface area (Å²) in [6, 6.07) is 9.31. The first-order valence-electron chi connectivity index (χ1n) is 6.67. The highest BCUT2D eigenvalue weighted by Crippen LogP contribution is 2.34. The van der Waals surface area contributed by atoms with E-state index in [4.69, 9.17) is 16.3 Å². The monoisotopic (exact) mass is 290 g/mol. The van der Waals surface area contributed by atoms with Crippen molar-refractivity contribution in [3.05, 3.63) is 57.2 Å². The van der Waals surface area contributed by atoms with Crippen molar-refractivity contribution in [1.29, 1.82) is 0 Å². The van der Waals surface area contributed by atoms with Gasteiger partial charge in [0.05, 0.1) is 6.61 Å². The van der Waals surface area contributed by atoms with E-state index in [-0.39, 0.29) is 16.6 Å². The molecular formula is C15H15ClN2O2. The molecule has 1 atom stereocenters. The molecule has 20 heavy (non-hydrogen) atoms. The van der Waals surface area contributed by atoms with Gasteiger partial charge in [-0.15, -0.1) is 0 Å². The van der Waals surface area contributed by atoms with Crippen molar-refractivity contribution in [2.45, 2.75) is 25.8 Å². The summed E-state index contributed by atoms with van der Waals surface area (Å²) in [6.07, 6.45) is 0.672. The molecule has 0 amide bonds. The van der Waals surface area contributed by atoms with E-state index in [1.807, 2.05) is 31.2 Å². The Bertz CT molecular complexity index is 697. The Labute approximate surface area is 122 Å². The lowest BCUT2D eigenvalue weighted by molar-refractivity contribution is 0.316. The zero-order valence-corrected chi connectivity index (χ0v) is 11.9. The molecule has 0 bridgehead atoms. The highest BCUT2D eigenvalue weighted by atomic mass is 35.5. The Kier molecular flexibility index (Phi) is 3.49. The molecule has 3 rings (SSSR count). The fourth-order valence-corrected chi connectivity index (χ4v) is 2.78. The van der Waals surface area contributed by atoms with Crippen molar-refractivity contribution in [3.63, 3.8) is 0 Å². The quantitative estimate of drug-likeness (QED) is 0.816. The SMILES string of the molecule is CCc1nc(Cl)cc(=O)n1CC1COc2ccccc21. The highest BCUT2D eigenvalue weighted by Gasteiger charge is 2.25. The minimum Gasteiger partial charge on any atom is -0.493 e. The largest absolute Gasteiger partial charge is 0.493 e. The molecule has 2 heterocycles.